The van der Waals surface area contributed by atoms with Gasteiger partial charge in [0.2, 0.25) is 0 Å². The Morgan fingerprint density at radius 1 is 1.61 bits per heavy atom. The number of carboxylic acid groups (broad SMARTS) is 1. The molecule has 1 aliphatic rings. The quantitative estimate of drug-likeness (QED) is 0.856. The number of likely N-dealkylation sites (tertiary alicyclic amines) is 1. The normalized spacial score (nSPS) is 24.9. The van der Waals surface area contributed by atoms with E-state index in [1.165, 1.54) is 0 Å². The summed E-state index contributed by atoms with van der Waals surface area (Å²) in [5.41, 5.74) is 0.282. The van der Waals surface area contributed by atoms with Gasteiger partial charge in [0.25, 0.3) is 0 Å². The van der Waals surface area contributed by atoms with Crippen molar-refractivity contribution in [1.82, 2.24) is 19.9 Å². The van der Waals surface area contributed by atoms with Gasteiger partial charge in [0.15, 0.2) is 0 Å². The van der Waals surface area contributed by atoms with E-state index in [2.05, 4.69) is 15.2 Å². The van der Waals surface area contributed by atoms with Crippen LogP contribution < -0.4 is 0 Å². The van der Waals surface area contributed by atoms with Gasteiger partial charge in [-0.1, -0.05) is 19.1 Å². The number of nitrogens with zero attached hydrogens (tertiary/aromatic N) is 4. The Morgan fingerprint density at radius 3 is 2.78 bits per heavy atom. The lowest BCUT2D eigenvalue weighted by molar-refractivity contribution is -0.151. The van der Waals surface area contributed by atoms with E-state index < -0.39 is 11.4 Å². The van der Waals surface area contributed by atoms with Crippen LogP contribution in [0.25, 0.3) is 0 Å². The summed E-state index contributed by atoms with van der Waals surface area (Å²) < 4.78 is 1.66. The fourth-order valence-electron chi connectivity index (χ4n) is 2.64. The topological polar surface area (TPSA) is 71.2 Å². The second kappa shape index (κ2) is 4.68. The summed E-state index contributed by atoms with van der Waals surface area (Å²) in [7, 11) is 1.83. The first kappa shape index (κ1) is 13.0. The molecular formula is C12H20N4O2. The number of aliphatic carboxylic acids is 1. The maximum absolute atomic E-state index is 11.5. The van der Waals surface area contributed by atoms with Crippen molar-refractivity contribution in [2.24, 2.45) is 18.4 Å². The van der Waals surface area contributed by atoms with Crippen molar-refractivity contribution < 1.29 is 9.90 Å². The molecule has 2 heterocycles. The zero-order valence-corrected chi connectivity index (χ0v) is 11.1. The highest BCUT2D eigenvalue weighted by Crippen LogP contribution is 2.38. The molecule has 1 N–H and O–H groups in total. The molecule has 1 fully saturated rings. The second-order valence-electron chi connectivity index (χ2n) is 5.46. The Hall–Kier alpha value is -1.43. The summed E-state index contributed by atoms with van der Waals surface area (Å²) in [6, 6.07) is 0. The highest BCUT2D eigenvalue weighted by Gasteiger charge is 2.47. The summed E-state index contributed by atoms with van der Waals surface area (Å²) in [4.78, 5) is 13.7. The van der Waals surface area contributed by atoms with Crippen LogP contribution in [-0.2, 0) is 18.4 Å². The molecule has 0 aromatic carbocycles. The van der Waals surface area contributed by atoms with Crippen LogP contribution in [-0.4, -0.2) is 44.1 Å². The summed E-state index contributed by atoms with van der Waals surface area (Å²) >= 11 is 0. The average molecular weight is 252 g/mol. The van der Waals surface area contributed by atoms with Gasteiger partial charge >= 0.3 is 5.97 Å². The molecule has 6 nitrogen and oxygen atoms in total. The van der Waals surface area contributed by atoms with Gasteiger partial charge in [0.1, 0.15) is 0 Å². The zero-order chi connectivity index (χ0) is 13.3. The van der Waals surface area contributed by atoms with E-state index >= 15 is 0 Å². The van der Waals surface area contributed by atoms with Crippen LogP contribution in [0, 0.1) is 11.3 Å². The largest absolute Gasteiger partial charge is 0.481 e. The van der Waals surface area contributed by atoms with Gasteiger partial charge < -0.3 is 5.11 Å². The molecule has 1 unspecified atom stereocenters. The van der Waals surface area contributed by atoms with Crippen LogP contribution >= 0.6 is 0 Å². The molecule has 0 aliphatic carbocycles. The highest BCUT2D eigenvalue weighted by atomic mass is 16.4. The Balaban J connectivity index is 2.05. The lowest BCUT2D eigenvalue weighted by Gasteiger charge is -2.28. The van der Waals surface area contributed by atoms with Crippen molar-refractivity contribution in [1.29, 1.82) is 0 Å². The van der Waals surface area contributed by atoms with Gasteiger partial charge in [-0.3, -0.25) is 14.4 Å². The standard InChI is InChI=1S/C12H20N4O2/c1-9(2)12(11(17)18)4-5-16(8-12)7-10-6-15(3)14-13-10/h6,9H,4-5,7-8H2,1-3H3,(H,17,18). The molecule has 100 valence electrons. The van der Waals surface area contributed by atoms with E-state index in [9.17, 15) is 9.90 Å². The second-order valence-corrected chi connectivity index (χ2v) is 5.46. The van der Waals surface area contributed by atoms with Gasteiger partial charge in [-0.15, -0.1) is 5.10 Å². The van der Waals surface area contributed by atoms with Crippen molar-refractivity contribution in [3.63, 3.8) is 0 Å². The zero-order valence-electron chi connectivity index (χ0n) is 11.1. The van der Waals surface area contributed by atoms with Crippen LogP contribution in [0.4, 0.5) is 0 Å². The lowest BCUT2D eigenvalue weighted by atomic mass is 9.76. The fraction of sp³-hybridized carbons (Fsp3) is 0.750. The van der Waals surface area contributed by atoms with Gasteiger partial charge in [0, 0.05) is 26.3 Å². The number of aromatic nitrogens is 3. The maximum Gasteiger partial charge on any atom is 0.311 e. The molecule has 0 radical (unpaired) electrons. The number of hydrogen-bond donors (Lipinski definition) is 1. The molecular weight excluding hydrogens is 232 g/mol. The van der Waals surface area contributed by atoms with Crippen LogP contribution in [0.3, 0.4) is 0 Å². The smallest absolute Gasteiger partial charge is 0.311 e. The summed E-state index contributed by atoms with van der Waals surface area (Å²) in [6.45, 7) is 6.05. The summed E-state index contributed by atoms with van der Waals surface area (Å²) in [5, 5.41) is 17.4. The number of carboxylic acids is 1. The molecule has 6 heteroatoms. The van der Waals surface area contributed by atoms with Crippen LogP contribution in [0.2, 0.25) is 0 Å². The SMILES string of the molecule is CC(C)C1(C(=O)O)CCN(Cc2cn(C)nn2)C1. The monoisotopic (exact) mass is 252 g/mol. The highest BCUT2D eigenvalue weighted by molar-refractivity contribution is 5.75. The van der Waals surface area contributed by atoms with E-state index in [0.717, 1.165) is 12.2 Å². The van der Waals surface area contributed by atoms with Crippen molar-refractivity contribution >= 4 is 5.97 Å². The third-order valence-corrected chi connectivity index (χ3v) is 3.95. The van der Waals surface area contributed by atoms with E-state index in [0.29, 0.717) is 19.5 Å². The first-order valence-corrected chi connectivity index (χ1v) is 6.25. The number of rotatable bonds is 4. The molecule has 1 saturated heterocycles. The minimum atomic E-state index is -0.681. The van der Waals surface area contributed by atoms with E-state index in [1.54, 1.807) is 4.68 Å². The average Bonchev–Trinajstić information content (AvgIpc) is 2.86. The van der Waals surface area contributed by atoms with Crippen molar-refractivity contribution in [2.45, 2.75) is 26.8 Å². The van der Waals surface area contributed by atoms with Gasteiger partial charge in [-0.2, -0.15) is 0 Å². The third-order valence-electron chi connectivity index (χ3n) is 3.95. The Labute approximate surface area is 107 Å². The van der Waals surface area contributed by atoms with Crippen molar-refractivity contribution in [2.75, 3.05) is 13.1 Å². The van der Waals surface area contributed by atoms with E-state index in [4.69, 9.17) is 0 Å². The van der Waals surface area contributed by atoms with Crippen LogP contribution in [0.15, 0.2) is 6.20 Å². The minimum Gasteiger partial charge on any atom is -0.481 e. The Bertz CT molecular complexity index is 443. The number of carbonyl (C=O) groups is 1. The fourth-order valence-corrected chi connectivity index (χ4v) is 2.64. The van der Waals surface area contributed by atoms with Gasteiger partial charge in [-0.05, 0) is 18.9 Å². The van der Waals surface area contributed by atoms with E-state index in [-0.39, 0.29) is 5.92 Å². The first-order chi connectivity index (χ1) is 8.44. The molecule has 0 spiro atoms. The first-order valence-electron chi connectivity index (χ1n) is 6.25. The predicted octanol–water partition coefficient (Wildman–Crippen LogP) is 0.748. The number of aryl methyl sites for hydroxylation is 1. The predicted molar refractivity (Wildman–Crippen MR) is 65.8 cm³/mol. The van der Waals surface area contributed by atoms with Crippen molar-refractivity contribution in [3.05, 3.63) is 11.9 Å². The molecule has 2 rings (SSSR count). The minimum absolute atomic E-state index is 0.141. The lowest BCUT2D eigenvalue weighted by Crippen LogP contribution is -2.39. The van der Waals surface area contributed by atoms with Crippen LogP contribution in [0.1, 0.15) is 26.0 Å². The Morgan fingerprint density at radius 2 is 2.33 bits per heavy atom. The molecule has 18 heavy (non-hydrogen) atoms. The summed E-state index contributed by atoms with van der Waals surface area (Å²) in [5.74, 6) is -0.541. The maximum atomic E-state index is 11.5. The number of hydrogen-bond acceptors (Lipinski definition) is 4. The van der Waals surface area contributed by atoms with Gasteiger partial charge in [-0.25, -0.2) is 0 Å². The van der Waals surface area contributed by atoms with Gasteiger partial charge in [0.05, 0.1) is 11.1 Å². The van der Waals surface area contributed by atoms with Crippen LogP contribution in [0.5, 0.6) is 0 Å². The molecule has 1 atom stereocenters. The molecule has 1 aromatic heterocycles. The molecule has 0 saturated carbocycles. The molecule has 1 aliphatic heterocycles. The molecule has 1 aromatic rings. The summed E-state index contributed by atoms with van der Waals surface area (Å²) in [6.07, 6.45) is 2.58. The van der Waals surface area contributed by atoms with Crippen molar-refractivity contribution in [3.8, 4) is 0 Å². The third kappa shape index (κ3) is 2.25. The Kier molecular flexibility index (Phi) is 3.38. The molecule has 0 amide bonds. The molecule has 0 bridgehead atoms. The van der Waals surface area contributed by atoms with E-state index in [1.807, 2.05) is 27.1 Å².